The smallest absolute Gasteiger partial charge is 0.0435 e. The first-order valence-electron chi connectivity index (χ1n) is 2.68. The van der Waals surface area contributed by atoms with Crippen LogP contribution in [0.3, 0.4) is 0 Å². The minimum absolute atomic E-state index is 0.406. The minimum Gasteiger partial charge on any atom is -0.259 e. The van der Waals surface area contributed by atoms with Crippen LogP contribution >= 0.6 is 0 Å². The van der Waals surface area contributed by atoms with Crippen molar-refractivity contribution in [3.8, 4) is 0 Å². The van der Waals surface area contributed by atoms with Gasteiger partial charge in [0.1, 0.15) is 0 Å². The van der Waals surface area contributed by atoms with Gasteiger partial charge >= 0.3 is 0 Å². The third-order valence-electron chi connectivity index (χ3n) is 0.732. The van der Waals surface area contributed by atoms with Crippen molar-refractivity contribution in [3.63, 3.8) is 0 Å². The van der Waals surface area contributed by atoms with E-state index in [0.29, 0.717) is 5.25 Å². The lowest BCUT2D eigenvalue weighted by Crippen LogP contribution is -1.63. The molecule has 0 amide bonds. The van der Waals surface area contributed by atoms with Crippen LogP contribution in [0.15, 0.2) is 0 Å². The van der Waals surface area contributed by atoms with Crippen molar-refractivity contribution in [2.75, 3.05) is 5.75 Å². The lowest BCUT2D eigenvalue weighted by molar-refractivity contribution is 0.693. The highest BCUT2D eigenvalue weighted by molar-refractivity contribution is 7.92. The molecular weight excluding hydrogens is 108 g/mol. The molecule has 1 aliphatic rings. The molecule has 1 fully saturated rings. The van der Waals surface area contributed by atoms with Gasteiger partial charge in [0.05, 0.1) is 0 Å². The van der Waals surface area contributed by atoms with Crippen molar-refractivity contribution in [1.29, 1.82) is 0 Å². The van der Waals surface area contributed by atoms with E-state index in [2.05, 4.69) is 0 Å². The molecule has 0 radical (unpaired) electrons. The van der Waals surface area contributed by atoms with Gasteiger partial charge in [-0.3, -0.25) is 4.21 Å². The molecule has 44 valence electrons. The van der Waals surface area contributed by atoms with Gasteiger partial charge in [0.25, 0.3) is 0 Å². The monoisotopic (exact) mass is 120 g/mol. The standard InChI is InChI=1S/C3H6OS.C2H6/c1-3-2-5(3)4;1-2/h3H,2H2,1H3;1-2H3. The van der Waals surface area contributed by atoms with Gasteiger partial charge in [0.15, 0.2) is 0 Å². The Morgan fingerprint density at radius 3 is 1.71 bits per heavy atom. The van der Waals surface area contributed by atoms with E-state index >= 15 is 0 Å². The molecule has 0 bridgehead atoms. The van der Waals surface area contributed by atoms with Crippen LogP contribution in [0.25, 0.3) is 0 Å². The molecule has 1 nitrogen and oxygen atoms in total. The molecule has 0 aromatic carbocycles. The second-order valence-electron chi connectivity index (χ2n) is 1.36. The summed E-state index contributed by atoms with van der Waals surface area (Å²) in [7, 11) is -0.406. The van der Waals surface area contributed by atoms with Crippen LogP contribution in [0.1, 0.15) is 20.8 Å². The second kappa shape index (κ2) is 3.19. The molecule has 7 heavy (non-hydrogen) atoms. The summed E-state index contributed by atoms with van der Waals surface area (Å²) in [6.45, 7) is 6.00. The van der Waals surface area contributed by atoms with Crippen LogP contribution in [-0.4, -0.2) is 15.2 Å². The van der Waals surface area contributed by atoms with E-state index in [1.165, 1.54) is 0 Å². The molecule has 0 aliphatic carbocycles. The highest BCUT2D eigenvalue weighted by atomic mass is 32.2. The van der Waals surface area contributed by atoms with Gasteiger partial charge in [-0.25, -0.2) is 0 Å². The first-order chi connectivity index (χ1) is 3.30. The molecule has 0 N–H and O–H groups in total. The van der Waals surface area contributed by atoms with Gasteiger partial charge in [-0.15, -0.1) is 0 Å². The van der Waals surface area contributed by atoms with E-state index in [1.54, 1.807) is 0 Å². The maximum atomic E-state index is 10.00. The fourth-order valence-electron chi connectivity index (χ4n) is 0.192. The fraction of sp³-hybridized carbons (Fsp3) is 1.00. The Morgan fingerprint density at radius 1 is 1.57 bits per heavy atom. The molecule has 1 heterocycles. The van der Waals surface area contributed by atoms with E-state index in [9.17, 15) is 4.21 Å². The van der Waals surface area contributed by atoms with Gasteiger partial charge in [-0.2, -0.15) is 0 Å². The van der Waals surface area contributed by atoms with Crippen LogP contribution in [0.2, 0.25) is 0 Å². The molecule has 1 rings (SSSR count). The Kier molecular flexibility index (Phi) is 3.26. The van der Waals surface area contributed by atoms with Crippen molar-refractivity contribution in [2.45, 2.75) is 26.0 Å². The Bertz CT molecular complexity index is 70.5. The van der Waals surface area contributed by atoms with Gasteiger partial charge in [-0.1, -0.05) is 13.8 Å². The largest absolute Gasteiger partial charge is 0.259 e. The van der Waals surface area contributed by atoms with Crippen molar-refractivity contribution >= 4 is 10.8 Å². The molecule has 2 atom stereocenters. The molecule has 0 spiro atoms. The van der Waals surface area contributed by atoms with Crippen molar-refractivity contribution in [1.82, 2.24) is 0 Å². The topological polar surface area (TPSA) is 17.1 Å². The maximum Gasteiger partial charge on any atom is 0.0435 e. The normalized spacial score (nSPS) is 35.9. The zero-order valence-electron chi connectivity index (χ0n) is 5.10. The average molecular weight is 120 g/mol. The summed E-state index contributed by atoms with van der Waals surface area (Å²) in [4.78, 5) is 0. The number of hydrogen-bond acceptors (Lipinski definition) is 1. The van der Waals surface area contributed by atoms with Crippen LogP contribution in [0.5, 0.6) is 0 Å². The van der Waals surface area contributed by atoms with Gasteiger partial charge < -0.3 is 0 Å². The summed E-state index contributed by atoms with van der Waals surface area (Å²) in [6.07, 6.45) is 0. The molecular formula is C5H12OS. The van der Waals surface area contributed by atoms with Gasteiger partial charge in [-0.05, 0) is 6.92 Å². The molecule has 1 aliphatic heterocycles. The van der Waals surface area contributed by atoms with Crippen molar-refractivity contribution in [3.05, 3.63) is 0 Å². The zero-order chi connectivity index (χ0) is 5.86. The highest BCUT2D eigenvalue weighted by Gasteiger charge is 2.26. The summed E-state index contributed by atoms with van der Waals surface area (Å²) in [6, 6.07) is 0. The Morgan fingerprint density at radius 2 is 1.71 bits per heavy atom. The van der Waals surface area contributed by atoms with Crippen molar-refractivity contribution in [2.24, 2.45) is 0 Å². The summed E-state index contributed by atoms with van der Waals surface area (Å²) >= 11 is 0. The SMILES string of the molecule is CC.CC1CS1=O. The first kappa shape index (κ1) is 7.15. The Balaban J connectivity index is 0.000000162. The van der Waals surface area contributed by atoms with E-state index in [0.717, 1.165) is 5.75 Å². The molecule has 0 saturated carbocycles. The minimum atomic E-state index is -0.406. The molecule has 0 aromatic rings. The van der Waals surface area contributed by atoms with E-state index in [4.69, 9.17) is 0 Å². The van der Waals surface area contributed by atoms with E-state index < -0.39 is 10.8 Å². The van der Waals surface area contributed by atoms with Crippen molar-refractivity contribution < 1.29 is 4.21 Å². The van der Waals surface area contributed by atoms with Crippen LogP contribution in [-0.2, 0) is 10.8 Å². The molecule has 2 unspecified atom stereocenters. The third-order valence-corrected chi connectivity index (χ3v) is 2.20. The lowest BCUT2D eigenvalue weighted by atomic mass is 10.6. The Labute approximate surface area is 47.6 Å². The van der Waals surface area contributed by atoms with Crippen LogP contribution in [0.4, 0.5) is 0 Å². The van der Waals surface area contributed by atoms with E-state index in [-0.39, 0.29) is 0 Å². The quantitative estimate of drug-likeness (QED) is 0.438. The number of hydrogen-bond donors (Lipinski definition) is 0. The van der Waals surface area contributed by atoms with E-state index in [1.807, 2.05) is 20.8 Å². The first-order valence-corrected chi connectivity index (χ1v) is 4.06. The zero-order valence-corrected chi connectivity index (χ0v) is 5.92. The average Bonchev–Trinajstić information content (AvgIpc) is 2.27. The predicted molar refractivity (Wildman–Crippen MR) is 33.8 cm³/mol. The van der Waals surface area contributed by atoms with Gasteiger partial charge in [0.2, 0.25) is 0 Å². The fourth-order valence-corrected chi connectivity index (χ4v) is 0.743. The molecule has 2 heteroatoms. The summed E-state index contributed by atoms with van der Waals surface area (Å²) < 4.78 is 10.00. The van der Waals surface area contributed by atoms with Crippen LogP contribution in [0, 0.1) is 0 Å². The molecule has 0 aromatic heterocycles. The highest BCUT2D eigenvalue weighted by Crippen LogP contribution is 2.12. The second-order valence-corrected chi connectivity index (χ2v) is 3.26. The van der Waals surface area contributed by atoms with Crippen LogP contribution < -0.4 is 0 Å². The summed E-state index contributed by atoms with van der Waals surface area (Å²) in [5, 5.41) is 0.523. The Hall–Kier alpha value is 0.150. The van der Waals surface area contributed by atoms with Gasteiger partial charge in [0, 0.05) is 21.8 Å². The molecule has 1 saturated heterocycles. The number of rotatable bonds is 0. The maximum absolute atomic E-state index is 10.00. The summed E-state index contributed by atoms with van der Waals surface area (Å²) in [5.41, 5.74) is 0. The lowest BCUT2D eigenvalue weighted by Gasteiger charge is -1.52. The predicted octanol–water partition coefficient (Wildman–Crippen LogP) is 1.16. The third kappa shape index (κ3) is 2.80. The summed E-state index contributed by atoms with van der Waals surface area (Å²) in [5.74, 6) is 0.944.